The van der Waals surface area contributed by atoms with Gasteiger partial charge in [-0.05, 0) is 48.6 Å². The molecule has 0 amide bonds. The number of halogens is 3. The molecule has 1 heterocycles. The van der Waals surface area contributed by atoms with E-state index in [0.717, 1.165) is 25.1 Å². The van der Waals surface area contributed by atoms with Crippen molar-refractivity contribution in [3.63, 3.8) is 0 Å². The van der Waals surface area contributed by atoms with Crippen LogP contribution in [0.25, 0.3) is 6.08 Å². The van der Waals surface area contributed by atoms with Crippen molar-refractivity contribution in [2.24, 2.45) is 5.92 Å². The van der Waals surface area contributed by atoms with E-state index in [9.17, 15) is 13.2 Å². The van der Waals surface area contributed by atoms with E-state index in [1.165, 1.54) is 24.6 Å². The lowest BCUT2D eigenvalue weighted by molar-refractivity contribution is -0.274. The fourth-order valence-corrected chi connectivity index (χ4v) is 2.78. The zero-order valence-corrected chi connectivity index (χ0v) is 12.1. The number of benzene rings is 1. The van der Waals surface area contributed by atoms with Gasteiger partial charge in [-0.2, -0.15) is 0 Å². The average Bonchev–Trinajstić information content (AvgIpc) is 2.36. The second kappa shape index (κ2) is 6.52. The van der Waals surface area contributed by atoms with Gasteiger partial charge < -0.3 is 4.74 Å². The van der Waals surface area contributed by atoms with Crippen molar-refractivity contribution in [3.05, 3.63) is 35.9 Å². The SMILES string of the molecule is C=Cc1cc(CN2CCCC(C)C2)cc(OC(F)(F)F)c1. The summed E-state index contributed by atoms with van der Waals surface area (Å²) in [5, 5.41) is 0. The minimum atomic E-state index is -4.67. The first-order valence-electron chi connectivity index (χ1n) is 7.10. The van der Waals surface area contributed by atoms with E-state index in [0.29, 0.717) is 18.0 Å². The van der Waals surface area contributed by atoms with Crippen molar-refractivity contribution in [2.75, 3.05) is 13.1 Å². The molecule has 2 rings (SSSR count). The minimum absolute atomic E-state index is 0.181. The number of piperidine rings is 1. The number of hydrogen-bond acceptors (Lipinski definition) is 2. The topological polar surface area (TPSA) is 12.5 Å². The van der Waals surface area contributed by atoms with Gasteiger partial charge in [-0.15, -0.1) is 13.2 Å². The van der Waals surface area contributed by atoms with Crippen LogP contribution in [0.1, 0.15) is 30.9 Å². The molecule has 1 aromatic rings. The summed E-state index contributed by atoms with van der Waals surface area (Å²) in [5.41, 5.74) is 1.46. The van der Waals surface area contributed by atoms with Crippen LogP contribution in [0.2, 0.25) is 0 Å². The van der Waals surface area contributed by atoms with Crippen LogP contribution in [0.4, 0.5) is 13.2 Å². The molecule has 21 heavy (non-hydrogen) atoms. The Morgan fingerprint density at radius 2 is 2.14 bits per heavy atom. The molecule has 1 unspecified atom stereocenters. The summed E-state index contributed by atoms with van der Waals surface area (Å²) in [7, 11) is 0. The van der Waals surface area contributed by atoms with Gasteiger partial charge in [-0.25, -0.2) is 0 Å². The van der Waals surface area contributed by atoms with Crippen molar-refractivity contribution in [3.8, 4) is 5.75 Å². The van der Waals surface area contributed by atoms with Crippen LogP contribution in [-0.2, 0) is 6.54 Å². The lowest BCUT2D eigenvalue weighted by Crippen LogP contribution is -2.33. The molecule has 1 saturated heterocycles. The zero-order chi connectivity index (χ0) is 15.5. The average molecular weight is 299 g/mol. The van der Waals surface area contributed by atoms with Gasteiger partial charge in [0, 0.05) is 13.1 Å². The summed E-state index contributed by atoms with van der Waals surface area (Å²) in [6.45, 7) is 8.42. The summed E-state index contributed by atoms with van der Waals surface area (Å²) < 4.78 is 41.1. The van der Waals surface area contributed by atoms with Gasteiger partial charge in [0.25, 0.3) is 0 Å². The molecule has 0 N–H and O–H groups in total. The summed E-state index contributed by atoms with van der Waals surface area (Å²) in [6, 6.07) is 4.66. The van der Waals surface area contributed by atoms with Crippen molar-refractivity contribution >= 4 is 6.08 Å². The number of nitrogens with zero attached hydrogens (tertiary/aromatic N) is 1. The maximum Gasteiger partial charge on any atom is 0.573 e. The van der Waals surface area contributed by atoms with Crippen molar-refractivity contribution in [1.82, 2.24) is 4.90 Å². The standard InChI is InChI=1S/C16H20F3NO/c1-3-13-7-14(9-15(8-13)21-16(17,18)19)11-20-6-4-5-12(2)10-20/h3,7-9,12H,1,4-6,10-11H2,2H3. The highest BCUT2D eigenvalue weighted by Crippen LogP contribution is 2.27. The van der Waals surface area contributed by atoms with Crippen molar-refractivity contribution in [2.45, 2.75) is 32.7 Å². The van der Waals surface area contributed by atoms with E-state index in [4.69, 9.17) is 0 Å². The molecule has 1 aliphatic rings. The molecular formula is C16H20F3NO. The fraction of sp³-hybridized carbons (Fsp3) is 0.500. The fourth-order valence-electron chi connectivity index (χ4n) is 2.78. The van der Waals surface area contributed by atoms with Gasteiger partial charge >= 0.3 is 6.36 Å². The highest BCUT2D eigenvalue weighted by Gasteiger charge is 2.31. The number of likely N-dealkylation sites (tertiary alicyclic amines) is 1. The molecule has 1 fully saturated rings. The lowest BCUT2D eigenvalue weighted by Gasteiger charge is -2.31. The third kappa shape index (κ3) is 5.08. The lowest BCUT2D eigenvalue weighted by atomic mass is 9.99. The van der Waals surface area contributed by atoms with E-state index < -0.39 is 6.36 Å². The molecular weight excluding hydrogens is 279 g/mol. The maximum absolute atomic E-state index is 12.4. The molecule has 0 bridgehead atoms. The number of hydrogen-bond donors (Lipinski definition) is 0. The first kappa shape index (κ1) is 15.9. The van der Waals surface area contributed by atoms with Crippen LogP contribution in [0.3, 0.4) is 0 Å². The Kier molecular flexibility index (Phi) is 4.93. The normalized spacial score (nSPS) is 20.3. The predicted octanol–water partition coefficient (Wildman–Crippen LogP) is 4.46. The number of ether oxygens (including phenoxy) is 1. The molecule has 0 saturated carbocycles. The minimum Gasteiger partial charge on any atom is -0.406 e. The van der Waals surface area contributed by atoms with E-state index in [-0.39, 0.29) is 5.75 Å². The van der Waals surface area contributed by atoms with Crippen LogP contribution in [0, 0.1) is 5.92 Å². The second-order valence-corrected chi connectivity index (χ2v) is 5.64. The first-order chi connectivity index (χ1) is 9.85. The van der Waals surface area contributed by atoms with Gasteiger partial charge in [-0.3, -0.25) is 4.90 Å². The predicted molar refractivity (Wildman–Crippen MR) is 76.9 cm³/mol. The van der Waals surface area contributed by atoms with Crippen LogP contribution in [-0.4, -0.2) is 24.4 Å². The van der Waals surface area contributed by atoms with Crippen LogP contribution < -0.4 is 4.74 Å². The molecule has 0 aliphatic carbocycles. The first-order valence-corrected chi connectivity index (χ1v) is 7.10. The monoisotopic (exact) mass is 299 g/mol. The van der Waals surface area contributed by atoms with Gasteiger partial charge in [0.05, 0.1) is 0 Å². The quantitative estimate of drug-likeness (QED) is 0.814. The van der Waals surface area contributed by atoms with E-state index in [1.54, 1.807) is 0 Å². The molecule has 116 valence electrons. The maximum atomic E-state index is 12.4. The smallest absolute Gasteiger partial charge is 0.406 e. The second-order valence-electron chi connectivity index (χ2n) is 5.64. The summed E-state index contributed by atoms with van der Waals surface area (Å²) >= 11 is 0. The Morgan fingerprint density at radius 1 is 1.38 bits per heavy atom. The molecule has 1 atom stereocenters. The van der Waals surface area contributed by atoms with Gasteiger partial charge in [-0.1, -0.05) is 25.6 Å². The third-order valence-electron chi connectivity index (χ3n) is 3.61. The Labute approximate surface area is 123 Å². The van der Waals surface area contributed by atoms with Gasteiger partial charge in [0.1, 0.15) is 5.75 Å². The number of rotatable bonds is 4. The molecule has 1 aromatic carbocycles. The molecule has 2 nitrogen and oxygen atoms in total. The third-order valence-corrected chi connectivity index (χ3v) is 3.61. The Bertz CT molecular complexity index is 499. The Morgan fingerprint density at radius 3 is 2.76 bits per heavy atom. The van der Waals surface area contributed by atoms with Crippen molar-refractivity contribution < 1.29 is 17.9 Å². The summed E-state index contributed by atoms with van der Waals surface area (Å²) in [4.78, 5) is 2.27. The highest BCUT2D eigenvalue weighted by molar-refractivity contribution is 5.51. The largest absolute Gasteiger partial charge is 0.573 e. The molecule has 0 spiro atoms. The Hall–Kier alpha value is -1.49. The molecule has 0 radical (unpaired) electrons. The highest BCUT2D eigenvalue weighted by atomic mass is 19.4. The van der Waals surface area contributed by atoms with Gasteiger partial charge in [0.2, 0.25) is 0 Å². The number of alkyl halides is 3. The van der Waals surface area contributed by atoms with Crippen LogP contribution in [0.5, 0.6) is 5.75 Å². The summed E-state index contributed by atoms with van der Waals surface area (Å²) in [5.74, 6) is 0.451. The molecule has 5 heteroatoms. The molecule has 1 aliphatic heterocycles. The van der Waals surface area contributed by atoms with E-state index in [2.05, 4.69) is 23.1 Å². The van der Waals surface area contributed by atoms with E-state index >= 15 is 0 Å². The van der Waals surface area contributed by atoms with Gasteiger partial charge in [0.15, 0.2) is 0 Å². The summed E-state index contributed by atoms with van der Waals surface area (Å²) in [6.07, 6.45) is -0.790. The van der Waals surface area contributed by atoms with Crippen LogP contribution in [0.15, 0.2) is 24.8 Å². The Balaban J connectivity index is 2.14. The molecule has 0 aromatic heterocycles. The zero-order valence-electron chi connectivity index (χ0n) is 12.1. The van der Waals surface area contributed by atoms with Crippen LogP contribution >= 0.6 is 0 Å². The van der Waals surface area contributed by atoms with E-state index in [1.807, 2.05) is 6.07 Å². The van der Waals surface area contributed by atoms with Crippen molar-refractivity contribution in [1.29, 1.82) is 0 Å².